The monoisotopic (exact) mass is 273 g/mol. The van der Waals surface area contributed by atoms with Gasteiger partial charge in [0.2, 0.25) is 0 Å². The van der Waals surface area contributed by atoms with Crippen LogP contribution in [0.15, 0.2) is 28.7 Å². The van der Waals surface area contributed by atoms with E-state index in [1.807, 2.05) is 0 Å². The summed E-state index contributed by atoms with van der Waals surface area (Å²) in [7, 11) is 0. The normalized spacial score (nSPS) is 15.4. The number of hydrogen-bond donors (Lipinski definition) is 2. The van der Waals surface area contributed by atoms with E-state index in [0.717, 1.165) is 6.07 Å². The Morgan fingerprint density at radius 3 is 2.47 bits per heavy atom. The van der Waals surface area contributed by atoms with Gasteiger partial charge in [0.05, 0.1) is 0 Å². The van der Waals surface area contributed by atoms with Gasteiger partial charge in [-0.25, -0.2) is 4.79 Å². The minimum Gasteiger partial charge on any atom is -0.479 e. The molecule has 2 aromatic rings. The highest BCUT2D eigenvalue weighted by molar-refractivity contribution is 5.86. The highest BCUT2D eigenvalue weighted by atomic mass is 19.4. The fourth-order valence-electron chi connectivity index (χ4n) is 1.77. The van der Waals surface area contributed by atoms with E-state index in [1.54, 1.807) is 19.1 Å². The van der Waals surface area contributed by atoms with Crippen LogP contribution in [0.2, 0.25) is 0 Å². The molecule has 0 spiro atoms. The number of fused-ring (bicyclic) bond motifs is 1. The van der Waals surface area contributed by atoms with Crippen molar-refractivity contribution in [2.45, 2.75) is 18.6 Å². The van der Waals surface area contributed by atoms with Crippen LogP contribution in [0.5, 0.6) is 0 Å². The van der Waals surface area contributed by atoms with Crippen molar-refractivity contribution in [3.05, 3.63) is 35.6 Å². The average Bonchev–Trinajstić information content (AvgIpc) is 2.71. The highest BCUT2D eigenvalue weighted by Gasteiger charge is 2.62. The molecule has 1 aromatic carbocycles. The molecule has 1 unspecified atom stereocenters. The Morgan fingerprint density at radius 1 is 1.37 bits per heavy atom. The van der Waals surface area contributed by atoms with Crippen molar-refractivity contribution >= 4 is 16.9 Å². The number of rotatable bonds is 2. The van der Waals surface area contributed by atoms with Gasteiger partial charge >= 0.3 is 12.1 Å². The zero-order valence-electron chi connectivity index (χ0n) is 9.78. The number of alkyl halides is 3. The maximum atomic E-state index is 12.9. The first-order chi connectivity index (χ1) is 8.68. The maximum absolute atomic E-state index is 12.9. The van der Waals surface area contributed by atoms with Crippen LogP contribution in [0, 0.1) is 6.92 Å². The van der Waals surface area contributed by atoms with Crippen LogP contribution < -0.4 is 5.73 Å². The first-order valence-electron chi connectivity index (χ1n) is 5.26. The van der Waals surface area contributed by atoms with E-state index in [-0.39, 0.29) is 5.58 Å². The molecule has 0 fully saturated rings. The van der Waals surface area contributed by atoms with Crippen LogP contribution in [-0.4, -0.2) is 17.3 Å². The number of aryl methyl sites for hydroxylation is 1. The Labute approximate surface area is 105 Å². The molecule has 7 heteroatoms. The second-order valence-electron chi connectivity index (χ2n) is 4.21. The lowest BCUT2D eigenvalue weighted by molar-refractivity contribution is -0.208. The van der Waals surface area contributed by atoms with Crippen molar-refractivity contribution < 1.29 is 27.5 Å². The van der Waals surface area contributed by atoms with E-state index in [4.69, 9.17) is 15.3 Å². The zero-order chi connectivity index (χ0) is 14.4. The number of halogens is 3. The average molecular weight is 273 g/mol. The molecule has 0 bridgehead atoms. The second-order valence-corrected chi connectivity index (χ2v) is 4.21. The van der Waals surface area contributed by atoms with E-state index in [0.29, 0.717) is 10.9 Å². The Morgan fingerprint density at radius 2 is 2.00 bits per heavy atom. The third-order valence-corrected chi connectivity index (χ3v) is 2.91. The number of carbonyl (C=O) groups is 1. The van der Waals surface area contributed by atoms with Crippen LogP contribution in [0.3, 0.4) is 0 Å². The smallest absolute Gasteiger partial charge is 0.424 e. The highest BCUT2D eigenvalue weighted by Crippen LogP contribution is 2.39. The van der Waals surface area contributed by atoms with Crippen LogP contribution in [0.4, 0.5) is 13.2 Å². The summed E-state index contributed by atoms with van der Waals surface area (Å²) in [6.07, 6.45) is -5.17. The first kappa shape index (κ1) is 13.4. The standard InChI is InChI=1S/C12H10F3NO3/c1-6-3-2-4-7-5-8(19-9(6)7)11(16,10(17)18)12(13,14)15/h2-5H,16H2,1H3,(H,17,18). The third-order valence-electron chi connectivity index (χ3n) is 2.91. The van der Waals surface area contributed by atoms with Gasteiger partial charge in [0, 0.05) is 5.39 Å². The molecule has 1 aromatic heterocycles. The molecule has 2 rings (SSSR count). The minimum absolute atomic E-state index is 0.192. The van der Waals surface area contributed by atoms with Crippen LogP contribution in [0.25, 0.3) is 11.0 Å². The molecule has 0 radical (unpaired) electrons. The van der Waals surface area contributed by atoms with Gasteiger partial charge in [-0.1, -0.05) is 18.2 Å². The molecular formula is C12H10F3NO3. The summed E-state index contributed by atoms with van der Waals surface area (Å²) in [5.41, 5.74) is 2.27. The van der Waals surface area contributed by atoms with Gasteiger partial charge in [-0.05, 0) is 18.6 Å². The summed E-state index contributed by atoms with van der Waals surface area (Å²) in [4.78, 5) is 10.9. The van der Waals surface area contributed by atoms with Crippen LogP contribution in [0.1, 0.15) is 11.3 Å². The molecule has 19 heavy (non-hydrogen) atoms. The fourth-order valence-corrected chi connectivity index (χ4v) is 1.77. The van der Waals surface area contributed by atoms with Gasteiger partial charge in [-0.2, -0.15) is 13.2 Å². The number of carboxylic acids is 1. The number of aliphatic carboxylic acids is 1. The van der Waals surface area contributed by atoms with Crippen molar-refractivity contribution in [3.63, 3.8) is 0 Å². The van der Waals surface area contributed by atoms with E-state index < -0.39 is 23.4 Å². The largest absolute Gasteiger partial charge is 0.479 e. The zero-order valence-corrected chi connectivity index (χ0v) is 9.78. The van der Waals surface area contributed by atoms with Crippen molar-refractivity contribution in [2.75, 3.05) is 0 Å². The number of carboxylic acid groups (broad SMARTS) is 1. The number of nitrogens with two attached hydrogens (primary N) is 1. The lowest BCUT2D eigenvalue weighted by Crippen LogP contribution is -2.56. The van der Waals surface area contributed by atoms with Crippen molar-refractivity contribution in [1.82, 2.24) is 0 Å². The van der Waals surface area contributed by atoms with E-state index >= 15 is 0 Å². The van der Waals surface area contributed by atoms with E-state index in [1.165, 1.54) is 6.07 Å². The van der Waals surface area contributed by atoms with Crippen LogP contribution in [-0.2, 0) is 10.3 Å². The molecule has 0 aliphatic carbocycles. The molecule has 4 nitrogen and oxygen atoms in total. The molecule has 0 aliphatic heterocycles. The van der Waals surface area contributed by atoms with E-state index in [2.05, 4.69) is 0 Å². The molecule has 1 atom stereocenters. The number of benzene rings is 1. The summed E-state index contributed by atoms with van der Waals surface area (Å²) < 4.78 is 43.7. The SMILES string of the molecule is Cc1cccc2cc(C(N)(C(=O)O)C(F)(F)F)oc12. The Bertz CT molecular complexity index is 647. The number of hydrogen-bond acceptors (Lipinski definition) is 3. The van der Waals surface area contributed by atoms with Gasteiger partial charge in [0.25, 0.3) is 5.54 Å². The summed E-state index contributed by atoms with van der Waals surface area (Å²) in [6, 6.07) is 5.80. The molecule has 0 amide bonds. The van der Waals surface area contributed by atoms with Gasteiger partial charge in [0.1, 0.15) is 11.3 Å². The Balaban J connectivity index is 2.71. The Kier molecular flexibility index (Phi) is 2.82. The Hall–Kier alpha value is -2.02. The lowest BCUT2D eigenvalue weighted by Gasteiger charge is -2.24. The summed E-state index contributed by atoms with van der Waals surface area (Å²) >= 11 is 0. The molecule has 0 saturated heterocycles. The third kappa shape index (κ3) is 1.86. The summed E-state index contributed by atoms with van der Waals surface area (Å²) in [6.45, 7) is 1.64. The summed E-state index contributed by atoms with van der Waals surface area (Å²) in [5.74, 6) is -3.05. The number of para-hydroxylation sites is 1. The maximum Gasteiger partial charge on any atom is 0.424 e. The molecule has 102 valence electrons. The minimum atomic E-state index is -5.17. The van der Waals surface area contributed by atoms with Gasteiger partial charge in [0.15, 0.2) is 0 Å². The topological polar surface area (TPSA) is 76.5 Å². The van der Waals surface area contributed by atoms with Crippen molar-refractivity contribution in [1.29, 1.82) is 0 Å². The quantitative estimate of drug-likeness (QED) is 0.881. The van der Waals surface area contributed by atoms with Crippen molar-refractivity contribution in [3.8, 4) is 0 Å². The second kappa shape index (κ2) is 3.99. The predicted molar refractivity (Wildman–Crippen MR) is 60.5 cm³/mol. The molecule has 1 heterocycles. The molecule has 0 aliphatic rings. The predicted octanol–water partition coefficient (Wildman–Crippen LogP) is 2.54. The lowest BCUT2D eigenvalue weighted by atomic mass is 9.97. The van der Waals surface area contributed by atoms with Gasteiger partial charge in [-0.3, -0.25) is 0 Å². The van der Waals surface area contributed by atoms with E-state index in [9.17, 15) is 18.0 Å². The molecule has 3 N–H and O–H groups in total. The molecular weight excluding hydrogens is 263 g/mol. The van der Waals surface area contributed by atoms with Crippen molar-refractivity contribution in [2.24, 2.45) is 5.73 Å². The molecule has 0 saturated carbocycles. The summed E-state index contributed by atoms with van der Waals surface area (Å²) in [5, 5.41) is 9.18. The fraction of sp³-hybridized carbons (Fsp3) is 0.250. The number of furan rings is 1. The van der Waals surface area contributed by atoms with Gasteiger partial charge in [-0.15, -0.1) is 0 Å². The van der Waals surface area contributed by atoms with Gasteiger partial charge < -0.3 is 15.3 Å². The first-order valence-corrected chi connectivity index (χ1v) is 5.26. The van der Waals surface area contributed by atoms with Crippen LogP contribution >= 0.6 is 0 Å².